The summed E-state index contributed by atoms with van der Waals surface area (Å²) in [6, 6.07) is 0. The van der Waals surface area contributed by atoms with Gasteiger partial charge in [0.2, 0.25) is 5.91 Å². The molecule has 0 aliphatic carbocycles. The van der Waals surface area contributed by atoms with Crippen molar-refractivity contribution in [2.45, 2.75) is 50.5 Å². The van der Waals surface area contributed by atoms with Gasteiger partial charge in [-0.1, -0.05) is 15.9 Å². The first kappa shape index (κ1) is 14.0. The van der Waals surface area contributed by atoms with Gasteiger partial charge in [-0.2, -0.15) is 0 Å². The van der Waals surface area contributed by atoms with E-state index < -0.39 is 0 Å². The molecule has 0 aromatic heterocycles. The van der Waals surface area contributed by atoms with Crippen molar-refractivity contribution in [1.29, 1.82) is 0 Å². The molecule has 4 heteroatoms. The van der Waals surface area contributed by atoms with Crippen LogP contribution >= 0.6 is 15.9 Å². The molecule has 3 nitrogen and oxygen atoms in total. The molecule has 1 aliphatic rings. The van der Waals surface area contributed by atoms with Crippen LogP contribution in [-0.4, -0.2) is 41.4 Å². The molecule has 0 radical (unpaired) electrons. The molecule has 1 atom stereocenters. The number of unbranched alkanes of at least 4 members (excludes halogenated alkanes) is 1. The molecule has 1 unspecified atom stereocenters. The van der Waals surface area contributed by atoms with E-state index in [0.717, 1.165) is 45.4 Å². The molecule has 1 aliphatic heterocycles. The van der Waals surface area contributed by atoms with Crippen LogP contribution in [0.5, 0.6) is 0 Å². The van der Waals surface area contributed by atoms with Gasteiger partial charge in [-0.25, -0.2) is 0 Å². The van der Waals surface area contributed by atoms with Gasteiger partial charge in [0.15, 0.2) is 0 Å². The van der Waals surface area contributed by atoms with E-state index in [0.29, 0.717) is 6.10 Å². The number of carbonyl (C=O) groups is 1. The van der Waals surface area contributed by atoms with E-state index in [4.69, 9.17) is 4.74 Å². The minimum Gasteiger partial charge on any atom is -0.379 e. The van der Waals surface area contributed by atoms with Crippen LogP contribution in [0.25, 0.3) is 0 Å². The SMILES string of the molecule is CC(C)OCCCCN1CCCC(Br)C1=O. The molecular weight excluding hydrogens is 270 g/mol. The third-order valence-electron chi connectivity index (χ3n) is 2.74. The molecule has 0 saturated carbocycles. The largest absolute Gasteiger partial charge is 0.379 e. The van der Waals surface area contributed by atoms with Gasteiger partial charge >= 0.3 is 0 Å². The van der Waals surface area contributed by atoms with E-state index in [2.05, 4.69) is 15.9 Å². The number of rotatable bonds is 6. The quantitative estimate of drug-likeness (QED) is 0.556. The zero-order valence-corrected chi connectivity index (χ0v) is 11.8. The second-order valence-corrected chi connectivity index (χ2v) is 5.67. The van der Waals surface area contributed by atoms with Crippen LogP contribution in [0.15, 0.2) is 0 Å². The average molecular weight is 292 g/mol. The second-order valence-electron chi connectivity index (χ2n) is 4.56. The number of alkyl halides is 1. The molecule has 0 aromatic rings. The number of carbonyl (C=O) groups excluding carboxylic acids is 1. The number of likely N-dealkylation sites (tertiary alicyclic amines) is 1. The van der Waals surface area contributed by atoms with E-state index in [1.165, 1.54) is 0 Å². The minimum atomic E-state index is 0.0492. The standard InChI is InChI=1S/C12H22BrNO2/c1-10(2)16-9-4-3-7-14-8-5-6-11(13)12(14)15/h10-11H,3-9H2,1-2H3. The number of piperidine rings is 1. The Hall–Kier alpha value is -0.0900. The molecular formula is C12H22BrNO2. The van der Waals surface area contributed by atoms with E-state index in [9.17, 15) is 4.79 Å². The van der Waals surface area contributed by atoms with E-state index in [1.54, 1.807) is 0 Å². The van der Waals surface area contributed by atoms with Crippen LogP contribution in [0.1, 0.15) is 39.5 Å². The van der Waals surface area contributed by atoms with Crippen molar-refractivity contribution < 1.29 is 9.53 Å². The maximum atomic E-state index is 11.7. The number of amides is 1. The lowest BCUT2D eigenvalue weighted by atomic mass is 10.1. The summed E-state index contributed by atoms with van der Waals surface area (Å²) in [7, 11) is 0. The maximum absolute atomic E-state index is 11.7. The van der Waals surface area contributed by atoms with E-state index in [-0.39, 0.29) is 10.7 Å². The number of hydrogen-bond acceptors (Lipinski definition) is 2. The fraction of sp³-hybridized carbons (Fsp3) is 0.917. The lowest BCUT2D eigenvalue weighted by Gasteiger charge is -2.29. The third-order valence-corrected chi connectivity index (χ3v) is 3.59. The Morgan fingerprint density at radius 1 is 1.50 bits per heavy atom. The minimum absolute atomic E-state index is 0.0492. The molecule has 94 valence electrons. The Morgan fingerprint density at radius 3 is 2.94 bits per heavy atom. The average Bonchev–Trinajstić information content (AvgIpc) is 2.23. The monoisotopic (exact) mass is 291 g/mol. The van der Waals surface area contributed by atoms with Crippen molar-refractivity contribution in [3.8, 4) is 0 Å². The number of nitrogens with zero attached hydrogens (tertiary/aromatic N) is 1. The molecule has 0 bridgehead atoms. The second kappa shape index (κ2) is 7.28. The summed E-state index contributed by atoms with van der Waals surface area (Å²) in [5.41, 5.74) is 0. The highest BCUT2D eigenvalue weighted by Crippen LogP contribution is 2.18. The van der Waals surface area contributed by atoms with Crippen molar-refractivity contribution in [1.82, 2.24) is 4.90 Å². The third kappa shape index (κ3) is 4.83. The normalized spacial score (nSPS) is 21.9. The highest BCUT2D eigenvalue weighted by Gasteiger charge is 2.25. The van der Waals surface area contributed by atoms with Gasteiger partial charge in [0, 0.05) is 19.7 Å². The summed E-state index contributed by atoms with van der Waals surface area (Å²) >= 11 is 3.42. The number of halogens is 1. The van der Waals surface area contributed by atoms with Crippen molar-refractivity contribution in [3.05, 3.63) is 0 Å². The van der Waals surface area contributed by atoms with Gasteiger partial charge in [-0.15, -0.1) is 0 Å². The van der Waals surface area contributed by atoms with Crippen molar-refractivity contribution in [3.63, 3.8) is 0 Å². The molecule has 1 heterocycles. The Kier molecular flexibility index (Phi) is 6.36. The predicted octanol–water partition coefficient (Wildman–Crippen LogP) is 2.58. The fourth-order valence-electron chi connectivity index (χ4n) is 1.84. The summed E-state index contributed by atoms with van der Waals surface area (Å²) in [6.45, 7) is 6.69. The zero-order valence-electron chi connectivity index (χ0n) is 10.2. The lowest BCUT2D eigenvalue weighted by molar-refractivity contribution is -0.132. The smallest absolute Gasteiger partial charge is 0.236 e. The topological polar surface area (TPSA) is 29.5 Å². The van der Waals surface area contributed by atoms with E-state index >= 15 is 0 Å². The van der Waals surface area contributed by atoms with Gasteiger partial charge in [0.05, 0.1) is 10.9 Å². The molecule has 0 aromatic carbocycles. The molecule has 0 spiro atoms. The van der Waals surface area contributed by atoms with Crippen LogP contribution in [0.2, 0.25) is 0 Å². The summed E-state index contributed by atoms with van der Waals surface area (Å²) in [5, 5.41) is 0. The first-order valence-electron chi connectivity index (χ1n) is 6.15. The predicted molar refractivity (Wildman–Crippen MR) is 68.9 cm³/mol. The number of hydrogen-bond donors (Lipinski definition) is 0. The fourth-order valence-corrected chi connectivity index (χ4v) is 2.45. The summed E-state index contributed by atoms with van der Waals surface area (Å²) < 4.78 is 5.47. The molecule has 1 saturated heterocycles. The maximum Gasteiger partial charge on any atom is 0.236 e. The Morgan fingerprint density at radius 2 is 2.25 bits per heavy atom. The highest BCUT2D eigenvalue weighted by molar-refractivity contribution is 9.10. The van der Waals surface area contributed by atoms with Gasteiger partial charge in [-0.05, 0) is 39.5 Å². The summed E-state index contributed by atoms with van der Waals surface area (Å²) in [5.74, 6) is 0.260. The van der Waals surface area contributed by atoms with Gasteiger partial charge in [0.1, 0.15) is 0 Å². The van der Waals surface area contributed by atoms with Gasteiger partial charge < -0.3 is 9.64 Å². The number of ether oxygens (including phenoxy) is 1. The lowest BCUT2D eigenvalue weighted by Crippen LogP contribution is -2.42. The molecule has 16 heavy (non-hydrogen) atoms. The first-order chi connectivity index (χ1) is 7.61. The summed E-state index contributed by atoms with van der Waals surface area (Å²) in [6.07, 6.45) is 4.48. The van der Waals surface area contributed by atoms with Crippen molar-refractivity contribution in [2.24, 2.45) is 0 Å². The van der Waals surface area contributed by atoms with Crippen molar-refractivity contribution in [2.75, 3.05) is 19.7 Å². The Balaban J connectivity index is 2.10. The first-order valence-corrected chi connectivity index (χ1v) is 7.07. The van der Waals surface area contributed by atoms with Gasteiger partial charge in [-0.3, -0.25) is 4.79 Å². The molecule has 1 rings (SSSR count). The Labute approximate surface area is 107 Å². The molecule has 1 fully saturated rings. The Bertz CT molecular complexity index is 221. The summed E-state index contributed by atoms with van der Waals surface area (Å²) in [4.78, 5) is 13.8. The van der Waals surface area contributed by atoms with Crippen LogP contribution in [0, 0.1) is 0 Å². The highest BCUT2D eigenvalue weighted by atomic mass is 79.9. The molecule has 0 N–H and O–H groups in total. The molecule has 1 amide bonds. The van der Waals surface area contributed by atoms with Crippen LogP contribution < -0.4 is 0 Å². The zero-order chi connectivity index (χ0) is 12.0. The van der Waals surface area contributed by atoms with Crippen LogP contribution in [-0.2, 0) is 9.53 Å². The van der Waals surface area contributed by atoms with Gasteiger partial charge in [0.25, 0.3) is 0 Å². The van der Waals surface area contributed by atoms with Crippen LogP contribution in [0.4, 0.5) is 0 Å². The van der Waals surface area contributed by atoms with Crippen molar-refractivity contribution >= 4 is 21.8 Å². The van der Waals surface area contributed by atoms with Crippen LogP contribution in [0.3, 0.4) is 0 Å². The van der Waals surface area contributed by atoms with E-state index in [1.807, 2.05) is 18.7 Å².